The van der Waals surface area contributed by atoms with Gasteiger partial charge in [-0.25, -0.2) is 0 Å². The maximum absolute atomic E-state index is 15.5. The lowest BCUT2D eigenvalue weighted by Crippen LogP contribution is -2.51. The number of fused-ring (bicyclic) bond motifs is 3. The Labute approximate surface area is 361 Å². The Morgan fingerprint density at radius 3 is 2.31 bits per heavy atom. The summed E-state index contributed by atoms with van der Waals surface area (Å²) in [6.07, 6.45) is 3.86. The summed E-state index contributed by atoms with van der Waals surface area (Å²) in [6.45, 7) is 7.61. The van der Waals surface area contributed by atoms with Gasteiger partial charge in [-0.1, -0.05) is 103 Å². The Balaban J connectivity index is 1.06. The molecule has 13 heteroatoms. The van der Waals surface area contributed by atoms with Crippen LogP contribution in [-0.4, -0.2) is 70.8 Å². The van der Waals surface area contributed by atoms with E-state index in [1.54, 1.807) is 26.5 Å². The van der Waals surface area contributed by atoms with Gasteiger partial charge < -0.3 is 24.2 Å². The van der Waals surface area contributed by atoms with Crippen LogP contribution in [-0.2, 0) is 28.2 Å². The topological polar surface area (TPSA) is 134 Å². The molecule has 9 rings (SSSR count). The van der Waals surface area contributed by atoms with Crippen molar-refractivity contribution in [3.05, 3.63) is 166 Å². The molecule has 0 saturated carbocycles. The van der Waals surface area contributed by atoms with Crippen LogP contribution in [0, 0.1) is 5.92 Å². The second kappa shape index (κ2) is 16.5. The van der Waals surface area contributed by atoms with Gasteiger partial charge in [-0.15, -0.1) is 5.10 Å². The number of aliphatic hydroxyl groups excluding tert-OH is 1. The smallest absolute Gasteiger partial charge is 0.279 e. The van der Waals surface area contributed by atoms with E-state index in [9.17, 15) is 9.90 Å². The van der Waals surface area contributed by atoms with Crippen molar-refractivity contribution in [1.82, 2.24) is 24.8 Å². The summed E-state index contributed by atoms with van der Waals surface area (Å²) in [7, 11) is 0.878. The number of aromatic nitrogens is 5. The van der Waals surface area contributed by atoms with Crippen LogP contribution >= 0.6 is 0 Å². The zero-order chi connectivity index (χ0) is 43.2. The number of benzene rings is 5. The molecule has 1 unspecified atom stereocenters. The molecule has 7 aromatic rings. The van der Waals surface area contributed by atoms with Gasteiger partial charge in [0.1, 0.15) is 11.5 Å². The fraction of sp³-hybridized carbons (Fsp3) is 0.286. The lowest BCUT2D eigenvalue weighted by atomic mass is 9.82. The first-order chi connectivity index (χ1) is 30.1. The standard InChI is InChI=1S/C49H50N6O6Si/c1-32-46(62(4,5)39-22-19-37(59-2)20-23-39)45(25-26-53-30-43(51-52-53)41(31-56)34-11-7-6-8-12-34)61-49(32)42-27-38(60-3)21-24-44(42)54(48(49)58)29-33-15-17-36(18-16-33)55-47(57)40-14-10-9-13-35(40)28-50-55/h6-24,27-28,30,32,41,45-46,56H,25-26,29,31H2,1-5H3/t32-,41?,45+,46-,49+/m1/s1. The second-order valence-corrected chi connectivity index (χ2v) is 21.6. The Bertz CT molecular complexity index is 2790. The first kappa shape index (κ1) is 41.0. The zero-order valence-electron chi connectivity index (χ0n) is 35.5. The monoisotopic (exact) mass is 846 g/mol. The molecule has 0 aliphatic carbocycles. The molecule has 4 heterocycles. The van der Waals surface area contributed by atoms with Gasteiger partial charge in [0, 0.05) is 29.6 Å². The van der Waals surface area contributed by atoms with E-state index in [4.69, 9.17) is 14.2 Å². The molecule has 316 valence electrons. The quantitative estimate of drug-likeness (QED) is 0.122. The number of carbonyl (C=O) groups excluding carboxylic acids is 1. The fourth-order valence-electron chi connectivity index (χ4n) is 9.94. The molecule has 5 aromatic carbocycles. The van der Waals surface area contributed by atoms with Crippen LogP contribution in [0.25, 0.3) is 16.5 Å². The van der Waals surface area contributed by atoms with Crippen molar-refractivity contribution in [2.24, 2.45) is 5.92 Å². The molecular weight excluding hydrogens is 797 g/mol. The third kappa shape index (κ3) is 6.99. The number of aliphatic hydroxyl groups is 1. The highest BCUT2D eigenvalue weighted by Gasteiger charge is 2.66. The van der Waals surface area contributed by atoms with Gasteiger partial charge in [-0.05, 0) is 71.6 Å². The Morgan fingerprint density at radius 2 is 1.58 bits per heavy atom. The molecule has 2 aliphatic rings. The average Bonchev–Trinajstić information content (AvgIpc) is 3.96. The first-order valence-corrected chi connectivity index (χ1v) is 24.1. The third-order valence-corrected chi connectivity index (χ3v) is 17.6. The molecule has 1 fully saturated rings. The van der Waals surface area contributed by atoms with Crippen LogP contribution in [0.15, 0.2) is 139 Å². The van der Waals surface area contributed by atoms with E-state index in [0.29, 0.717) is 42.0 Å². The van der Waals surface area contributed by atoms with Gasteiger partial charge in [0.2, 0.25) is 0 Å². The van der Waals surface area contributed by atoms with E-state index in [-0.39, 0.29) is 41.6 Å². The van der Waals surface area contributed by atoms with E-state index in [2.05, 4.69) is 47.6 Å². The van der Waals surface area contributed by atoms with E-state index < -0.39 is 13.7 Å². The van der Waals surface area contributed by atoms with Crippen LogP contribution < -0.4 is 25.1 Å². The first-order valence-electron chi connectivity index (χ1n) is 21.0. The molecule has 12 nitrogen and oxygen atoms in total. The van der Waals surface area contributed by atoms with Crippen LogP contribution in [0.1, 0.15) is 41.6 Å². The Kier molecular flexibility index (Phi) is 10.9. The highest BCUT2D eigenvalue weighted by Crippen LogP contribution is 2.60. The summed E-state index contributed by atoms with van der Waals surface area (Å²) < 4.78 is 21.9. The highest BCUT2D eigenvalue weighted by molar-refractivity contribution is 6.91. The molecule has 62 heavy (non-hydrogen) atoms. The normalized spacial score (nSPS) is 20.2. The van der Waals surface area contributed by atoms with Gasteiger partial charge in [0.25, 0.3) is 11.5 Å². The van der Waals surface area contributed by atoms with Gasteiger partial charge in [-0.3, -0.25) is 14.3 Å². The van der Waals surface area contributed by atoms with Gasteiger partial charge in [0.15, 0.2) is 5.60 Å². The van der Waals surface area contributed by atoms with Crippen molar-refractivity contribution < 1.29 is 24.1 Å². The van der Waals surface area contributed by atoms with E-state index in [1.807, 2.05) is 119 Å². The summed E-state index contributed by atoms with van der Waals surface area (Å²) in [5, 5.41) is 26.4. The minimum atomic E-state index is -2.43. The van der Waals surface area contributed by atoms with Crippen molar-refractivity contribution in [2.45, 2.75) is 62.7 Å². The van der Waals surface area contributed by atoms with Crippen LogP contribution in [0.5, 0.6) is 11.5 Å². The maximum atomic E-state index is 15.5. The largest absolute Gasteiger partial charge is 0.497 e. The summed E-state index contributed by atoms with van der Waals surface area (Å²) in [5.74, 6) is 0.791. The van der Waals surface area contributed by atoms with Gasteiger partial charge in [-0.2, -0.15) is 9.78 Å². The van der Waals surface area contributed by atoms with Gasteiger partial charge in [0.05, 0.1) is 76.1 Å². The maximum Gasteiger partial charge on any atom is 0.279 e. The minimum Gasteiger partial charge on any atom is -0.497 e. The number of amides is 1. The molecule has 0 bridgehead atoms. The third-order valence-electron chi connectivity index (χ3n) is 13.2. The fourth-order valence-corrected chi connectivity index (χ4v) is 14.0. The summed E-state index contributed by atoms with van der Waals surface area (Å²) in [6, 6.07) is 39.0. The van der Waals surface area contributed by atoms with E-state index in [1.165, 1.54) is 9.87 Å². The predicted molar refractivity (Wildman–Crippen MR) is 241 cm³/mol. The summed E-state index contributed by atoms with van der Waals surface area (Å²) in [5.41, 5.74) is 3.27. The Hall–Kier alpha value is -6.41. The number of hydrogen-bond acceptors (Lipinski definition) is 9. The number of rotatable bonds is 13. The van der Waals surface area contributed by atoms with Crippen molar-refractivity contribution in [1.29, 1.82) is 0 Å². The number of carbonyl (C=O) groups is 1. The molecule has 5 atom stereocenters. The molecule has 1 N–H and O–H groups in total. The zero-order valence-corrected chi connectivity index (χ0v) is 36.5. The summed E-state index contributed by atoms with van der Waals surface area (Å²) in [4.78, 5) is 30.7. The van der Waals surface area contributed by atoms with Crippen molar-refractivity contribution >= 4 is 35.6 Å². The second-order valence-electron chi connectivity index (χ2n) is 16.9. The Morgan fingerprint density at radius 1 is 0.871 bits per heavy atom. The minimum absolute atomic E-state index is 0.00314. The van der Waals surface area contributed by atoms with Crippen LogP contribution in [0.2, 0.25) is 18.6 Å². The van der Waals surface area contributed by atoms with Crippen LogP contribution in [0.3, 0.4) is 0 Å². The molecule has 0 radical (unpaired) electrons. The van der Waals surface area contributed by atoms with Gasteiger partial charge >= 0.3 is 0 Å². The summed E-state index contributed by atoms with van der Waals surface area (Å²) >= 11 is 0. The van der Waals surface area contributed by atoms with Crippen LogP contribution in [0.4, 0.5) is 5.69 Å². The van der Waals surface area contributed by atoms with E-state index >= 15 is 4.79 Å². The number of ether oxygens (including phenoxy) is 3. The molecule has 1 amide bonds. The van der Waals surface area contributed by atoms with Crippen molar-refractivity contribution in [3.8, 4) is 17.2 Å². The lowest BCUT2D eigenvalue weighted by molar-refractivity contribution is -0.146. The number of nitrogens with zero attached hydrogens (tertiary/aromatic N) is 6. The van der Waals surface area contributed by atoms with Crippen molar-refractivity contribution in [2.75, 3.05) is 25.7 Å². The molecule has 2 aliphatic heterocycles. The lowest BCUT2D eigenvalue weighted by Gasteiger charge is -2.37. The highest BCUT2D eigenvalue weighted by atomic mass is 28.3. The number of methoxy groups -OCH3 is 2. The van der Waals surface area contributed by atoms with Crippen molar-refractivity contribution in [3.63, 3.8) is 0 Å². The molecule has 2 aromatic heterocycles. The predicted octanol–water partition coefficient (Wildman–Crippen LogP) is 6.97. The van der Waals surface area contributed by atoms with E-state index in [0.717, 1.165) is 33.5 Å². The number of anilines is 1. The molecular formula is C49H50N6O6Si. The number of aryl methyl sites for hydroxylation is 1. The SMILES string of the molecule is COc1ccc([Si](C)(C)[C@H]2[C@H](CCn3cc(C(CO)c4ccccc4)nn3)O[C@@]3(C(=O)N(Cc4ccc(-n5ncc6ccccc6c5=O)cc4)c4ccc(OC)cc43)[C@@H]2C)cc1. The molecule has 1 spiro atoms. The number of hydrogen-bond donors (Lipinski definition) is 1. The molecule has 1 saturated heterocycles. The average molecular weight is 847 g/mol.